The number of sulfonamides is 1. The van der Waals surface area contributed by atoms with Crippen molar-refractivity contribution in [1.29, 1.82) is 0 Å². The van der Waals surface area contributed by atoms with E-state index in [0.29, 0.717) is 5.82 Å². The lowest BCUT2D eigenvalue weighted by atomic mass is 9.74. The van der Waals surface area contributed by atoms with E-state index < -0.39 is 10.0 Å². The summed E-state index contributed by atoms with van der Waals surface area (Å²) in [7, 11) is -3.73. The predicted octanol–water partition coefficient (Wildman–Crippen LogP) is 1.11. The molecule has 106 valence electrons. The molecule has 7 heteroatoms. The van der Waals surface area contributed by atoms with Crippen LogP contribution in [-0.4, -0.2) is 30.2 Å². The number of rotatable bonds is 2. The van der Waals surface area contributed by atoms with Crippen molar-refractivity contribution >= 4 is 10.0 Å². The van der Waals surface area contributed by atoms with Crippen LogP contribution in [0, 0.1) is 6.92 Å². The Morgan fingerprint density at radius 1 is 1.53 bits per heavy atom. The van der Waals surface area contributed by atoms with E-state index in [4.69, 9.17) is 9.88 Å². The van der Waals surface area contributed by atoms with Crippen molar-refractivity contribution in [3.05, 3.63) is 12.0 Å². The first kappa shape index (κ1) is 13.1. The first-order chi connectivity index (χ1) is 8.90. The van der Waals surface area contributed by atoms with Crippen LogP contribution < -0.4 is 5.14 Å². The molecular formula is C12H19N3O3S. The Balaban J connectivity index is 1.87. The Hall–Kier alpha value is -0.920. The molecule has 1 spiro atoms. The Bertz CT molecular complexity index is 589. The van der Waals surface area contributed by atoms with Crippen LogP contribution in [0.25, 0.3) is 0 Å². The van der Waals surface area contributed by atoms with Crippen molar-refractivity contribution in [2.75, 3.05) is 6.61 Å². The van der Waals surface area contributed by atoms with Crippen molar-refractivity contribution in [1.82, 2.24) is 9.55 Å². The zero-order valence-electron chi connectivity index (χ0n) is 11.0. The third kappa shape index (κ3) is 2.30. The average molecular weight is 285 g/mol. The van der Waals surface area contributed by atoms with Crippen molar-refractivity contribution < 1.29 is 13.2 Å². The van der Waals surface area contributed by atoms with Gasteiger partial charge in [-0.25, -0.2) is 18.5 Å². The van der Waals surface area contributed by atoms with Crippen molar-refractivity contribution in [2.45, 2.75) is 55.7 Å². The van der Waals surface area contributed by atoms with E-state index in [9.17, 15) is 8.42 Å². The van der Waals surface area contributed by atoms with Crippen LogP contribution in [0.3, 0.4) is 0 Å². The van der Waals surface area contributed by atoms with Crippen LogP contribution in [0.2, 0.25) is 0 Å². The average Bonchev–Trinajstić information content (AvgIpc) is 2.69. The summed E-state index contributed by atoms with van der Waals surface area (Å²) in [6.45, 7) is 2.55. The van der Waals surface area contributed by atoms with Gasteiger partial charge in [0.2, 0.25) is 0 Å². The molecule has 0 amide bonds. The second-order valence-electron chi connectivity index (χ2n) is 5.61. The van der Waals surface area contributed by atoms with Crippen LogP contribution in [0.15, 0.2) is 11.2 Å². The minimum Gasteiger partial charge on any atom is -0.375 e. The number of hydrogen-bond acceptors (Lipinski definition) is 4. The minimum atomic E-state index is -3.73. The molecule has 1 atom stereocenters. The summed E-state index contributed by atoms with van der Waals surface area (Å²) in [6.07, 6.45) is 6.83. The van der Waals surface area contributed by atoms with E-state index in [-0.39, 0.29) is 16.7 Å². The quantitative estimate of drug-likeness (QED) is 0.882. The molecule has 1 saturated heterocycles. The number of imidazole rings is 1. The van der Waals surface area contributed by atoms with Gasteiger partial charge < -0.3 is 9.30 Å². The van der Waals surface area contributed by atoms with E-state index in [1.807, 2.05) is 11.5 Å². The highest BCUT2D eigenvalue weighted by molar-refractivity contribution is 7.89. The summed E-state index contributed by atoms with van der Waals surface area (Å²) < 4.78 is 30.5. The predicted molar refractivity (Wildman–Crippen MR) is 69.1 cm³/mol. The van der Waals surface area contributed by atoms with Crippen molar-refractivity contribution in [3.8, 4) is 0 Å². The fourth-order valence-electron chi connectivity index (χ4n) is 3.12. The molecule has 2 fully saturated rings. The maximum absolute atomic E-state index is 11.4. The lowest BCUT2D eigenvalue weighted by molar-refractivity contribution is -0.140. The van der Waals surface area contributed by atoms with Gasteiger partial charge in [0.1, 0.15) is 5.82 Å². The molecule has 1 aromatic rings. The fourth-order valence-corrected chi connectivity index (χ4v) is 3.64. The maximum atomic E-state index is 11.4. The molecule has 1 aliphatic heterocycles. The monoisotopic (exact) mass is 285 g/mol. The van der Waals surface area contributed by atoms with Crippen LogP contribution in [0.4, 0.5) is 0 Å². The topological polar surface area (TPSA) is 87.2 Å². The van der Waals surface area contributed by atoms with Crippen LogP contribution >= 0.6 is 0 Å². The summed E-state index contributed by atoms with van der Waals surface area (Å²) in [4.78, 5) is 4.06. The smallest absolute Gasteiger partial charge is 0.257 e. The molecule has 2 aliphatic rings. The van der Waals surface area contributed by atoms with Crippen LogP contribution in [-0.2, 0) is 14.8 Å². The molecule has 6 nitrogen and oxygen atoms in total. The number of ether oxygens (including phenoxy) is 1. The van der Waals surface area contributed by atoms with Gasteiger partial charge in [0.15, 0.2) is 5.03 Å². The first-order valence-corrected chi connectivity index (χ1v) is 8.17. The summed E-state index contributed by atoms with van der Waals surface area (Å²) in [6, 6.07) is 0.261. The van der Waals surface area contributed by atoms with Gasteiger partial charge in [-0.15, -0.1) is 0 Å². The number of hydrogen-bond donors (Lipinski definition) is 1. The molecule has 1 saturated carbocycles. The molecule has 1 aromatic heterocycles. The fraction of sp³-hybridized carbons (Fsp3) is 0.750. The Kier molecular flexibility index (Phi) is 2.95. The van der Waals surface area contributed by atoms with Crippen LogP contribution in [0.5, 0.6) is 0 Å². The van der Waals surface area contributed by atoms with Gasteiger partial charge in [0.05, 0.1) is 5.60 Å². The van der Waals surface area contributed by atoms with Gasteiger partial charge in [0.25, 0.3) is 10.0 Å². The van der Waals surface area contributed by atoms with Crippen molar-refractivity contribution in [3.63, 3.8) is 0 Å². The van der Waals surface area contributed by atoms with E-state index in [1.165, 1.54) is 6.42 Å². The maximum Gasteiger partial charge on any atom is 0.257 e. The van der Waals surface area contributed by atoms with Gasteiger partial charge >= 0.3 is 0 Å². The Morgan fingerprint density at radius 3 is 2.79 bits per heavy atom. The highest BCUT2D eigenvalue weighted by Gasteiger charge is 2.43. The number of nitrogens with zero attached hydrogens (tertiary/aromatic N) is 2. The molecule has 19 heavy (non-hydrogen) atoms. The third-order valence-corrected chi connectivity index (χ3v) is 5.09. The zero-order valence-corrected chi connectivity index (χ0v) is 11.8. The molecule has 1 aliphatic carbocycles. The molecule has 0 bridgehead atoms. The van der Waals surface area contributed by atoms with Gasteiger partial charge in [-0.1, -0.05) is 0 Å². The lowest BCUT2D eigenvalue weighted by Gasteiger charge is -2.47. The largest absolute Gasteiger partial charge is 0.375 e. The Morgan fingerprint density at radius 2 is 2.26 bits per heavy atom. The van der Waals surface area contributed by atoms with Gasteiger partial charge in [-0.3, -0.25) is 0 Å². The number of nitrogens with two attached hydrogens (primary N) is 1. The number of primary sulfonamides is 1. The normalized spacial score (nSPS) is 26.3. The zero-order chi connectivity index (χ0) is 13.7. The molecule has 2 heterocycles. The number of aryl methyl sites for hydroxylation is 1. The van der Waals surface area contributed by atoms with Crippen molar-refractivity contribution in [2.24, 2.45) is 5.14 Å². The lowest BCUT2D eigenvalue weighted by Crippen LogP contribution is -2.46. The second-order valence-corrected chi connectivity index (χ2v) is 7.12. The summed E-state index contributed by atoms with van der Waals surface area (Å²) in [5, 5.41) is 5.09. The molecule has 3 rings (SSSR count). The minimum absolute atomic E-state index is 0.0291. The molecule has 0 aromatic carbocycles. The standard InChI is InChI=1S/C12H19N3O3S/c1-9-14-11(19(13,16)17)8-15(9)10-3-6-18-12(7-10)4-2-5-12/h8,10H,2-7H2,1H3,(H2,13,16,17). The van der Waals surface area contributed by atoms with E-state index in [2.05, 4.69) is 4.98 Å². The van der Waals surface area contributed by atoms with Gasteiger partial charge in [-0.2, -0.15) is 0 Å². The van der Waals surface area contributed by atoms with E-state index >= 15 is 0 Å². The SMILES string of the molecule is Cc1nc(S(N)(=O)=O)cn1C1CCOC2(CCC2)C1. The molecule has 2 N–H and O–H groups in total. The molecule has 1 unspecified atom stereocenters. The first-order valence-electron chi connectivity index (χ1n) is 6.62. The second kappa shape index (κ2) is 4.29. The summed E-state index contributed by atoms with van der Waals surface area (Å²) in [5.41, 5.74) is 0.0291. The highest BCUT2D eigenvalue weighted by Crippen LogP contribution is 2.45. The van der Waals surface area contributed by atoms with Gasteiger partial charge in [0, 0.05) is 18.8 Å². The Labute approximate surface area is 113 Å². The van der Waals surface area contributed by atoms with E-state index in [0.717, 1.165) is 32.3 Å². The van der Waals surface area contributed by atoms with Crippen LogP contribution in [0.1, 0.15) is 44.0 Å². The summed E-state index contributed by atoms with van der Waals surface area (Å²) in [5.74, 6) is 0.699. The van der Waals surface area contributed by atoms with E-state index in [1.54, 1.807) is 6.20 Å². The van der Waals surface area contributed by atoms with Gasteiger partial charge in [-0.05, 0) is 39.0 Å². The molecule has 0 radical (unpaired) electrons. The molecular weight excluding hydrogens is 266 g/mol. The summed E-state index contributed by atoms with van der Waals surface area (Å²) >= 11 is 0. The highest BCUT2D eigenvalue weighted by atomic mass is 32.2. The number of aromatic nitrogens is 2. The third-order valence-electron chi connectivity index (χ3n) is 4.31.